The lowest BCUT2D eigenvalue weighted by Gasteiger charge is -2.27. The summed E-state index contributed by atoms with van der Waals surface area (Å²) < 4.78 is 1.76. The smallest absolute Gasteiger partial charge is 0.0985 e. The van der Waals surface area contributed by atoms with Gasteiger partial charge in [0, 0.05) is 13.2 Å². The summed E-state index contributed by atoms with van der Waals surface area (Å²) in [6.07, 6.45) is 3.47. The number of aryl methyl sites for hydroxylation is 1. The summed E-state index contributed by atoms with van der Waals surface area (Å²) >= 11 is 0. The predicted octanol–water partition coefficient (Wildman–Crippen LogP) is 0.453. The van der Waals surface area contributed by atoms with Crippen molar-refractivity contribution in [1.29, 1.82) is 0 Å². The fourth-order valence-corrected chi connectivity index (χ4v) is 2.08. The zero-order chi connectivity index (χ0) is 9.97. The van der Waals surface area contributed by atoms with Crippen LogP contribution < -0.4 is 5.32 Å². The molecule has 78 valence electrons. The van der Waals surface area contributed by atoms with E-state index in [1.807, 2.05) is 13.1 Å². The zero-order valence-corrected chi connectivity index (χ0v) is 8.48. The van der Waals surface area contributed by atoms with E-state index in [-0.39, 0.29) is 6.10 Å². The van der Waals surface area contributed by atoms with Crippen molar-refractivity contribution in [2.24, 2.45) is 13.0 Å². The van der Waals surface area contributed by atoms with Gasteiger partial charge in [0.2, 0.25) is 0 Å². The SMILES string of the molecule is Cn1nccc1[C@@H](O)C1CCNCC1. The molecule has 2 heterocycles. The van der Waals surface area contributed by atoms with Crippen LogP contribution in [0.3, 0.4) is 0 Å². The van der Waals surface area contributed by atoms with Crippen molar-refractivity contribution in [3.63, 3.8) is 0 Å². The Kier molecular flexibility index (Phi) is 2.84. The van der Waals surface area contributed by atoms with Crippen LogP contribution in [-0.2, 0) is 7.05 Å². The molecule has 14 heavy (non-hydrogen) atoms. The molecule has 1 atom stereocenters. The van der Waals surface area contributed by atoms with Crippen LogP contribution in [0, 0.1) is 5.92 Å². The first-order chi connectivity index (χ1) is 6.79. The van der Waals surface area contributed by atoms with Crippen LogP contribution in [0.25, 0.3) is 0 Å². The number of nitrogens with one attached hydrogen (secondary N) is 1. The minimum absolute atomic E-state index is 0.357. The number of piperidine rings is 1. The predicted molar refractivity (Wildman–Crippen MR) is 53.8 cm³/mol. The number of nitrogens with zero attached hydrogens (tertiary/aromatic N) is 2. The van der Waals surface area contributed by atoms with Gasteiger partial charge in [-0.1, -0.05) is 0 Å². The van der Waals surface area contributed by atoms with E-state index >= 15 is 0 Å². The Hall–Kier alpha value is -0.870. The maximum absolute atomic E-state index is 10.1. The molecule has 0 bridgehead atoms. The average molecular weight is 195 g/mol. The Morgan fingerprint density at radius 2 is 2.29 bits per heavy atom. The van der Waals surface area contributed by atoms with Crippen molar-refractivity contribution in [1.82, 2.24) is 15.1 Å². The number of hydrogen-bond acceptors (Lipinski definition) is 3. The molecule has 0 aromatic carbocycles. The lowest BCUT2D eigenvalue weighted by Crippen LogP contribution is -2.31. The molecule has 1 saturated heterocycles. The van der Waals surface area contributed by atoms with E-state index < -0.39 is 0 Å². The summed E-state index contributed by atoms with van der Waals surface area (Å²) in [7, 11) is 1.87. The summed E-state index contributed by atoms with van der Waals surface area (Å²) in [6.45, 7) is 2.03. The number of aliphatic hydroxyl groups is 1. The molecule has 0 aliphatic carbocycles. The number of rotatable bonds is 2. The van der Waals surface area contributed by atoms with E-state index in [1.54, 1.807) is 10.9 Å². The highest BCUT2D eigenvalue weighted by Crippen LogP contribution is 2.27. The van der Waals surface area contributed by atoms with Crippen LogP contribution in [0.15, 0.2) is 12.3 Å². The highest BCUT2D eigenvalue weighted by atomic mass is 16.3. The Balaban J connectivity index is 2.07. The molecular weight excluding hydrogens is 178 g/mol. The Morgan fingerprint density at radius 1 is 1.57 bits per heavy atom. The molecule has 1 aliphatic heterocycles. The third-order valence-electron chi connectivity index (χ3n) is 2.99. The van der Waals surface area contributed by atoms with E-state index in [4.69, 9.17) is 0 Å². The van der Waals surface area contributed by atoms with Gasteiger partial charge in [-0.05, 0) is 37.9 Å². The largest absolute Gasteiger partial charge is 0.387 e. The second kappa shape index (κ2) is 4.11. The molecular formula is C10H17N3O. The third-order valence-corrected chi connectivity index (χ3v) is 2.99. The Labute approximate surface area is 83.9 Å². The lowest BCUT2D eigenvalue weighted by atomic mass is 9.90. The van der Waals surface area contributed by atoms with Crippen molar-refractivity contribution >= 4 is 0 Å². The van der Waals surface area contributed by atoms with Crippen molar-refractivity contribution in [2.75, 3.05) is 13.1 Å². The van der Waals surface area contributed by atoms with Gasteiger partial charge in [0.1, 0.15) is 0 Å². The van der Waals surface area contributed by atoms with Gasteiger partial charge in [0.05, 0.1) is 11.8 Å². The van der Waals surface area contributed by atoms with E-state index in [1.165, 1.54) is 0 Å². The van der Waals surface area contributed by atoms with Gasteiger partial charge < -0.3 is 10.4 Å². The van der Waals surface area contributed by atoms with Gasteiger partial charge in [0.15, 0.2) is 0 Å². The summed E-state index contributed by atoms with van der Waals surface area (Å²) in [6, 6.07) is 1.90. The van der Waals surface area contributed by atoms with Gasteiger partial charge in [-0.2, -0.15) is 5.10 Å². The molecule has 0 radical (unpaired) electrons. The van der Waals surface area contributed by atoms with Crippen LogP contribution >= 0.6 is 0 Å². The summed E-state index contributed by atoms with van der Waals surface area (Å²) in [5.41, 5.74) is 0.928. The topological polar surface area (TPSA) is 50.1 Å². The average Bonchev–Trinajstić information content (AvgIpc) is 2.65. The highest BCUT2D eigenvalue weighted by Gasteiger charge is 2.24. The van der Waals surface area contributed by atoms with Crippen molar-refractivity contribution in [3.05, 3.63) is 18.0 Å². The number of aliphatic hydroxyl groups excluding tert-OH is 1. The van der Waals surface area contributed by atoms with Gasteiger partial charge in [-0.15, -0.1) is 0 Å². The maximum atomic E-state index is 10.1. The minimum Gasteiger partial charge on any atom is -0.387 e. The summed E-state index contributed by atoms with van der Waals surface area (Å²) in [4.78, 5) is 0. The number of hydrogen-bond donors (Lipinski definition) is 2. The second-order valence-corrected chi connectivity index (χ2v) is 3.91. The molecule has 0 unspecified atom stereocenters. The van der Waals surface area contributed by atoms with Crippen molar-refractivity contribution in [2.45, 2.75) is 18.9 Å². The molecule has 1 aromatic rings. The summed E-state index contributed by atoms with van der Waals surface area (Å²) in [5, 5.41) is 17.5. The van der Waals surface area contributed by atoms with E-state index in [0.717, 1.165) is 31.6 Å². The molecule has 2 N–H and O–H groups in total. The van der Waals surface area contributed by atoms with E-state index in [2.05, 4.69) is 10.4 Å². The molecule has 2 rings (SSSR count). The van der Waals surface area contributed by atoms with Crippen LogP contribution in [0.2, 0.25) is 0 Å². The Bertz CT molecular complexity index is 291. The second-order valence-electron chi connectivity index (χ2n) is 3.91. The monoisotopic (exact) mass is 195 g/mol. The molecule has 4 nitrogen and oxygen atoms in total. The first-order valence-corrected chi connectivity index (χ1v) is 5.15. The molecule has 1 fully saturated rings. The Morgan fingerprint density at radius 3 is 2.86 bits per heavy atom. The van der Waals surface area contributed by atoms with Crippen molar-refractivity contribution in [3.8, 4) is 0 Å². The van der Waals surface area contributed by atoms with Gasteiger partial charge in [-0.25, -0.2) is 0 Å². The normalized spacial score (nSPS) is 21.0. The fraction of sp³-hybridized carbons (Fsp3) is 0.700. The van der Waals surface area contributed by atoms with Gasteiger partial charge >= 0.3 is 0 Å². The van der Waals surface area contributed by atoms with E-state index in [0.29, 0.717) is 5.92 Å². The molecule has 1 aliphatic rings. The molecule has 4 heteroatoms. The number of aromatic nitrogens is 2. The third kappa shape index (κ3) is 1.81. The highest BCUT2D eigenvalue weighted by molar-refractivity contribution is 5.05. The lowest BCUT2D eigenvalue weighted by molar-refractivity contribution is 0.0817. The van der Waals surface area contributed by atoms with E-state index in [9.17, 15) is 5.11 Å². The van der Waals surface area contributed by atoms with Gasteiger partial charge in [-0.3, -0.25) is 4.68 Å². The quantitative estimate of drug-likeness (QED) is 0.720. The van der Waals surface area contributed by atoms with Crippen LogP contribution in [0.5, 0.6) is 0 Å². The molecule has 0 amide bonds. The first kappa shape index (κ1) is 9.68. The van der Waals surface area contributed by atoms with Crippen LogP contribution in [-0.4, -0.2) is 28.0 Å². The minimum atomic E-state index is -0.357. The first-order valence-electron chi connectivity index (χ1n) is 5.15. The molecule has 0 saturated carbocycles. The maximum Gasteiger partial charge on any atom is 0.0985 e. The summed E-state index contributed by atoms with van der Waals surface area (Å²) in [5.74, 6) is 0.381. The zero-order valence-electron chi connectivity index (χ0n) is 8.48. The fourth-order valence-electron chi connectivity index (χ4n) is 2.08. The molecule has 1 aromatic heterocycles. The van der Waals surface area contributed by atoms with Crippen LogP contribution in [0.1, 0.15) is 24.6 Å². The molecule has 0 spiro atoms. The van der Waals surface area contributed by atoms with Crippen molar-refractivity contribution < 1.29 is 5.11 Å². The van der Waals surface area contributed by atoms with Crippen LogP contribution in [0.4, 0.5) is 0 Å². The van der Waals surface area contributed by atoms with Gasteiger partial charge in [0.25, 0.3) is 0 Å². The standard InChI is InChI=1S/C10H17N3O/c1-13-9(4-7-12-13)10(14)8-2-5-11-6-3-8/h4,7-8,10-11,14H,2-3,5-6H2,1H3/t10-/m0/s1.